The van der Waals surface area contributed by atoms with E-state index in [4.69, 9.17) is 9.51 Å². The van der Waals surface area contributed by atoms with Crippen molar-refractivity contribution >= 4 is 18.1 Å². The van der Waals surface area contributed by atoms with E-state index in [9.17, 15) is 0 Å². The third-order valence-corrected chi connectivity index (χ3v) is 6.04. The van der Waals surface area contributed by atoms with Crippen molar-refractivity contribution in [3.8, 4) is 11.4 Å². The quantitative estimate of drug-likeness (QED) is 0.704. The van der Waals surface area contributed by atoms with Crippen LogP contribution in [0.15, 0.2) is 47.2 Å². The largest absolute Gasteiger partial charge is 0.372 e. The molecule has 2 aliphatic heterocycles. The van der Waals surface area contributed by atoms with Gasteiger partial charge in [-0.05, 0) is 75.5 Å². The van der Waals surface area contributed by atoms with Crippen LogP contribution in [0.4, 0.5) is 5.69 Å². The van der Waals surface area contributed by atoms with Gasteiger partial charge in [0.2, 0.25) is 5.82 Å². The number of aromatic nitrogens is 4. The lowest BCUT2D eigenvalue weighted by Crippen LogP contribution is -2.45. The van der Waals surface area contributed by atoms with Crippen molar-refractivity contribution < 1.29 is 4.52 Å². The summed E-state index contributed by atoms with van der Waals surface area (Å²) in [6.07, 6.45) is 9.45. The van der Waals surface area contributed by atoms with E-state index in [0.717, 1.165) is 44.6 Å². The second-order valence-corrected chi connectivity index (χ2v) is 7.75. The van der Waals surface area contributed by atoms with Crippen LogP contribution in [0, 0.1) is 0 Å². The molecular formula is C21H27ClN6O. The highest BCUT2D eigenvalue weighted by Crippen LogP contribution is 2.34. The van der Waals surface area contributed by atoms with Crippen molar-refractivity contribution in [3.63, 3.8) is 0 Å². The Labute approximate surface area is 176 Å². The zero-order chi connectivity index (χ0) is 18.8. The molecule has 2 saturated heterocycles. The lowest BCUT2D eigenvalue weighted by atomic mass is 9.88. The number of benzene rings is 1. The Morgan fingerprint density at radius 3 is 2.45 bits per heavy atom. The molecular weight excluding hydrogens is 388 g/mol. The second kappa shape index (κ2) is 8.55. The van der Waals surface area contributed by atoms with Crippen molar-refractivity contribution in [2.75, 3.05) is 31.1 Å². The number of anilines is 1. The Morgan fingerprint density at radius 2 is 1.76 bits per heavy atom. The first-order chi connectivity index (χ1) is 13.9. The minimum atomic E-state index is -0.367. The Bertz CT molecular complexity index is 896. The van der Waals surface area contributed by atoms with Crippen LogP contribution in [-0.4, -0.2) is 46.1 Å². The molecule has 0 spiro atoms. The number of piperidine rings is 2. The number of rotatable bonds is 4. The van der Waals surface area contributed by atoms with Gasteiger partial charge in [0.1, 0.15) is 5.54 Å². The van der Waals surface area contributed by atoms with Crippen LogP contribution in [0.5, 0.6) is 0 Å². The van der Waals surface area contributed by atoms with Crippen molar-refractivity contribution in [2.24, 2.45) is 0 Å². The fourth-order valence-corrected chi connectivity index (χ4v) is 4.41. The highest BCUT2D eigenvalue weighted by Gasteiger charge is 2.41. The molecule has 2 fully saturated rings. The highest BCUT2D eigenvalue weighted by molar-refractivity contribution is 5.85. The van der Waals surface area contributed by atoms with Crippen LogP contribution < -0.4 is 10.2 Å². The van der Waals surface area contributed by atoms with E-state index >= 15 is 0 Å². The Hall–Kier alpha value is -2.38. The first kappa shape index (κ1) is 19.9. The van der Waals surface area contributed by atoms with Gasteiger partial charge in [0.25, 0.3) is 5.89 Å². The molecule has 7 nitrogen and oxygen atoms in total. The van der Waals surface area contributed by atoms with Crippen LogP contribution in [0.1, 0.15) is 38.0 Å². The summed E-state index contributed by atoms with van der Waals surface area (Å²) in [5, 5.41) is 12.2. The minimum Gasteiger partial charge on any atom is -0.372 e. The van der Waals surface area contributed by atoms with Gasteiger partial charge in [-0.1, -0.05) is 5.16 Å². The van der Waals surface area contributed by atoms with E-state index < -0.39 is 0 Å². The number of hydrogen-bond donors (Lipinski definition) is 1. The Morgan fingerprint density at radius 1 is 1.00 bits per heavy atom. The lowest BCUT2D eigenvalue weighted by Gasteiger charge is -2.34. The number of halogens is 1. The minimum absolute atomic E-state index is 0. The topological polar surface area (TPSA) is 72.0 Å². The molecule has 0 bridgehead atoms. The zero-order valence-electron chi connectivity index (χ0n) is 16.5. The standard InChI is InChI=1S/C21H26N6O.ClH/c1-2-14-26(15-3-1)18-7-5-17(6-8-18)19-24-20(28-25-19)21(9-12-22-13-10-21)27-16-4-11-23-27;/h4-8,11,16,22H,1-3,9-10,12-15H2;1H. The Balaban J connectivity index is 0.00000205. The van der Waals surface area contributed by atoms with Gasteiger partial charge in [0.15, 0.2) is 0 Å². The van der Waals surface area contributed by atoms with Gasteiger partial charge in [-0.2, -0.15) is 10.1 Å². The third kappa shape index (κ3) is 3.76. The highest BCUT2D eigenvalue weighted by atomic mass is 35.5. The molecule has 0 aliphatic carbocycles. The lowest BCUT2D eigenvalue weighted by molar-refractivity contribution is 0.172. The molecule has 0 saturated carbocycles. The molecule has 0 amide bonds. The van der Waals surface area contributed by atoms with E-state index in [1.54, 1.807) is 6.20 Å². The van der Waals surface area contributed by atoms with Crippen molar-refractivity contribution in [2.45, 2.75) is 37.6 Å². The summed E-state index contributed by atoms with van der Waals surface area (Å²) in [4.78, 5) is 7.25. The average molecular weight is 415 g/mol. The molecule has 0 unspecified atom stereocenters. The van der Waals surface area contributed by atoms with E-state index in [2.05, 4.69) is 44.7 Å². The molecule has 4 heterocycles. The smallest absolute Gasteiger partial charge is 0.255 e. The van der Waals surface area contributed by atoms with Crippen LogP contribution in [0.3, 0.4) is 0 Å². The molecule has 1 N–H and O–H groups in total. The Kier molecular flexibility index (Phi) is 5.87. The maximum atomic E-state index is 5.77. The van der Waals surface area contributed by atoms with Gasteiger partial charge in [0, 0.05) is 36.7 Å². The third-order valence-electron chi connectivity index (χ3n) is 6.04. The molecule has 0 atom stereocenters. The van der Waals surface area contributed by atoms with Crippen LogP contribution >= 0.6 is 12.4 Å². The predicted octanol–water partition coefficient (Wildman–Crippen LogP) is 3.47. The second-order valence-electron chi connectivity index (χ2n) is 7.75. The van der Waals surface area contributed by atoms with Crippen LogP contribution in [-0.2, 0) is 5.54 Å². The maximum Gasteiger partial charge on any atom is 0.255 e. The monoisotopic (exact) mass is 414 g/mol. The fraction of sp³-hybridized carbons (Fsp3) is 0.476. The first-order valence-corrected chi connectivity index (χ1v) is 10.3. The predicted molar refractivity (Wildman–Crippen MR) is 114 cm³/mol. The number of hydrogen-bond acceptors (Lipinski definition) is 6. The van der Waals surface area contributed by atoms with E-state index in [-0.39, 0.29) is 17.9 Å². The van der Waals surface area contributed by atoms with Gasteiger partial charge < -0.3 is 14.7 Å². The average Bonchev–Trinajstić information content (AvgIpc) is 3.48. The van der Waals surface area contributed by atoms with Crippen LogP contribution in [0.2, 0.25) is 0 Å². The summed E-state index contributed by atoms with van der Waals surface area (Å²) < 4.78 is 7.75. The van der Waals surface area contributed by atoms with E-state index in [1.807, 2.05) is 16.9 Å². The van der Waals surface area contributed by atoms with Gasteiger partial charge in [-0.15, -0.1) is 12.4 Å². The zero-order valence-corrected chi connectivity index (χ0v) is 17.3. The molecule has 8 heteroatoms. The van der Waals surface area contributed by atoms with Crippen molar-refractivity contribution in [1.82, 2.24) is 25.2 Å². The van der Waals surface area contributed by atoms with E-state index in [1.165, 1.54) is 24.9 Å². The molecule has 2 aliphatic rings. The summed E-state index contributed by atoms with van der Waals surface area (Å²) >= 11 is 0. The summed E-state index contributed by atoms with van der Waals surface area (Å²) in [6.45, 7) is 4.10. The summed E-state index contributed by atoms with van der Waals surface area (Å²) in [5.41, 5.74) is 1.90. The molecule has 1 aromatic carbocycles. The summed E-state index contributed by atoms with van der Waals surface area (Å²) in [6, 6.07) is 10.5. The van der Waals surface area contributed by atoms with Gasteiger partial charge in [0.05, 0.1) is 0 Å². The molecule has 0 radical (unpaired) electrons. The summed E-state index contributed by atoms with van der Waals surface area (Å²) in [7, 11) is 0. The first-order valence-electron chi connectivity index (χ1n) is 10.3. The van der Waals surface area contributed by atoms with Gasteiger partial charge in [-0.25, -0.2) is 0 Å². The maximum absolute atomic E-state index is 5.77. The van der Waals surface area contributed by atoms with E-state index in [0.29, 0.717) is 11.7 Å². The molecule has 5 rings (SSSR count). The van der Waals surface area contributed by atoms with Crippen molar-refractivity contribution in [3.05, 3.63) is 48.6 Å². The van der Waals surface area contributed by atoms with Gasteiger partial charge >= 0.3 is 0 Å². The molecule has 29 heavy (non-hydrogen) atoms. The van der Waals surface area contributed by atoms with Crippen LogP contribution in [0.25, 0.3) is 11.4 Å². The fourth-order valence-electron chi connectivity index (χ4n) is 4.41. The summed E-state index contributed by atoms with van der Waals surface area (Å²) in [5.74, 6) is 1.29. The molecule has 3 aromatic rings. The van der Waals surface area contributed by atoms with Crippen molar-refractivity contribution in [1.29, 1.82) is 0 Å². The molecule has 154 valence electrons. The van der Waals surface area contributed by atoms with Gasteiger partial charge in [-0.3, -0.25) is 4.68 Å². The number of nitrogens with one attached hydrogen (secondary N) is 1. The molecule has 2 aromatic heterocycles. The SMILES string of the molecule is Cl.c1cnn(C2(c3nc(-c4ccc(N5CCCCC5)cc4)no3)CCNCC2)c1. The normalized spacial score (nSPS) is 19.0. The number of nitrogens with zero attached hydrogens (tertiary/aromatic N) is 5.